The fraction of sp³-hybridized carbons (Fsp3) is 0.391. The van der Waals surface area contributed by atoms with Crippen molar-refractivity contribution >= 4 is 61.8 Å². The van der Waals surface area contributed by atoms with E-state index in [1.165, 1.54) is 23.5 Å². The molecule has 0 aliphatic carbocycles. The van der Waals surface area contributed by atoms with Gasteiger partial charge in [0.25, 0.3) is 0 Å². The van der Waals surface area contributed by atoms with E-state index < -0.39 is 5.97 Å². The molecule has 10 nitrogen and oxygen atoms in total. The first-order valence-electron chi connectivity index (χ1n) is 11.5. The van der Waals surface area contributed by atoms with Crippen molar-refractivity contribution in [2.45, 2.75) is 26.3 Å². The zero-order chi connectivity index (χ0) is 24.7. The Bertz CT molecular complexity index is 1400. The number of nitrogens with one attached hydrogen (secondary N) is 3. The highest BCUT2D eigenvalue weighted by Gasteiger charge is 2.28. The highest BCUT2D eigenvalue weighted by molar-refractivity contribution is 7.14. The van der Waals surface area contributed by atoms with Crippen LogP contribution in [0.2, 0.25) is 0 Å². The fourth-order valence-corrected chi connectivity index (χ4v) is 5.08. The zero-order valence-electron chi connectivity index (χ0n) is 19.7. The van der Waals surface area contributed by atoms with Gasteiger partial charge in [-0.2, -0.15) is 9.97 Å². The molecule has 3 aromatic heterocycles. The molecule has 12 heteroatoms. The molecule has 4 heterocycles. The number of fused-ring (bicyclic) bond motifs is 3. The monoisotopic (exact) mass is 498 g/mol. The van der Waals surface area contributed by atoms with Crippen LogP contribution in [0.3, 0.4) is 0 Å². The molecule has 4 aromatic rings. The Balaban J connectivity index is 1.62. The largest absolute Gasteiger partial charge is 0.461 e. The van der Waals surface area contributed by atoms with Crippen molar-refractivity contribution in [3.63, 3.8) is 0 Å². The number of rotatable bonds is 6. The lowest BCUT2D eigenvalue weighted by Crippen LogP contribution is -2.46. The van der Waals surface area contributed by atoms with Crippen molar-refractivity contribution in [3.05, 3.63) is 29.0 Å². The molecular formula is C23H27FN8O2S. The van der Waals surface area contributed by atoms with E-state index in [0.29, 0.717) is 33.6 Å². The van der Waals surface area contributed by atoms with Crippen molar-refractivity contribution in [1.29, 1.82) is 0 Å². The van der Waals surface area contributed by atoms with Crippen molar-refractivity contribution in [3.8, 4) is 0 Å². The van der Waals surface area contributed by atoms with Gasteiger partial charge in [0.05, 0.1) is 23.2 Å². The number of anilines is 4. The van der Waals surface area contributed by atoms with Gasteiger partial charge in [0.15, 0.2) is 10.8 Å². The Hall–Kier alpha value is -3.51. The van der Waals surface area contributed by atoms with Crippen LogP contribution in [0.15, 0.2) is 17.5 Å². The van der Waals surface area contributed by atoms with Gasteiger partial charge in [-0.15, -0.1) is 11.3 Å². The van der Waals surface area contributed by atoms with Gasteiger partial charge in [0.2, 0.25) is 5.95 Å². The minimum Gasteiger partial charge on any atom is -0.461 e. The number of hydrogen-bond acceptors (Lipinski definition) is 10. The Morgan fingerprint density at radius 2 is 2.20 bits per heavy atom. The van der Waals surface area contributed by atoms with E-state index in [1.54, 1.807) is 19.4 Å². The van der Waals surface area contributed by atoms with Gasteiger partial charge in [-0.3, -0.25) is 5.32 Å². The van der Waals surface area contributed by atoms with Gasteiger partial charge < -0.3 is 25.7 Å². The third-order valence-corrected chi connectivity index (χ3v) is 7.01. The highest BCUT2D eigenvalue weighted by atomic mass is 32.1. The predicted molar refractivity (Wildman–Crippen MR) is 136 cm³/mol. The molecule has 1 aliphatic rings. The fourth-order valence-electron chi connectivity index (χ4n) is 4.41. The van der Waals surface area contributed by atoms with E-state index in [9.17, 15) is 9.18 Å². The molecule has 2 unspecified atom stereocenters. The van der Waals surface area contributed by atoms with E-state index in [0.717, 1.165) is 30.4 Å². The number of halogens is 1. The maximum absolute atomic E-state index is 14.5. The van der Waals surface area contributed by atoms with E-state index in [-0.39, 0.29) is 30.1 Å². The number of ether oxygens (including phenoxy) is 1. The SMILES string of the molecule is CCOC(=O)c1csc(Nc2nc(N3CCC(N)C(C)C3)c3c(n2)[nH]c2c(NC)cc(F)cc23)n1. The second-order valence-corrected chi connectivity index (χ2v) is 9.46. The van der Waals surface area contributed by atoms with Crippen LogP contribution in [-0.4, -0.2) is 58.7 Å². The Labute approximate surface area is 205 Å². The van der Waals surface area contributed by atoms with Crippen LogP contribution in [0.25, 0.3) is 21.9 Å². The molecule has 35 heavy (non-hydrogen) atoms. The number of carbonyl (C=O) groups is 1. The second-order valence-electron chi connectivity index (χ2n) is 8.60. The Morgan fingerprint density at radius 1 is 1.37 bits per heavy atom. The van der Waals surface area contributed by atoms with Gasteiger partial charge in [0, 0.05) is 36.9 Å². The van der Waals surface area contributed by atoms with Crippen LogP contribution in [0.1, 0.15) is 30.8 Å². The Kier molecular flexibility index (Phi) is 6.15. The van der Waals surface area contributed by atoms with Crippen LogP contribution in [-0.2, 0) is 4.74 Å². The highest BCUT2D eigenvalue weighted by Crippen LogP contribution is 2.38. The number of H-pyrrole nitrogens is 1. The summed E-state index contributed by atoms with van der Waals surface area (Å²) in [6, 6.07) is 3.06. The van der Waals surface area contributed by atoms with E-state index >= 15 is 0 Å². The van der Waals surface area contributed by atoms with E-state index in [2.05, 4.69) is 37.4 Å². The molecule has 0 bridgehead atoms. The van der Waals surface area contributed by atoms with E-state index in [1.807, 2.05) is 0 Å². The van der Waals surface area contributed by atoms with Crippen LogP contribution in [0.4, 0.5) is 27.0 Å². The quantitative estimate of drug-likeness (QED) is 0.293. The van der Waals surface area contributed by atoms with Crippen molar-refractivity contribution < 1.29 is 13.9 Å². The van der Waals surface area contributed by atoms with Gasteiger partial charge in [0.1, 0.15) is 17.3 Å². The zero-order valence-corrected chi connectivity index (χ0v) is 20.5. The summed E-state index contributed by atoms with van der Waals surface area (Å²) in [4.78, 5) is 31.3. The van der Waals surface area contributed by atoms with Gasteiger partial charge in [-0.1, -0.05) is 6.92 Å². The average molecular weight is 499 g/mol. The maximum Gasteiger partial charge on any atom is 0.357 e. The summed E-state index contributed by atoms with van der Waals surface area (Å²) in [7, 11) is 1.75. The minimum absolute atomic E-state index is 0.120. The van der Waals surface area contributed by atoms with Crippen molar-refractivity contribution in [2.75, 3.05) is 42.3 Å². The molecule has 0 saturated carbocycles. The summed E-state index contributed by atoms with van der Waals surface area (Å²) in [5, 5.41) is 9.69. The number of carbonyl (C=O) groups excluding carboxylic acids is 1. The van der Waals surface area contributed by atoms with Crippen LogP contribution in [0.5, 0.6) is 0 Å². The molecule has 2 atom stereocenters. The smallest absolute Gasteiger partial charge is 0.357 e. The number of nitrogens with two attached hydrogens (primary N) is 1. The van der Waals surface area contributed by atoms with Crippen LogP contribution >= 0.6 is 11.3 Å². The number of thiazole rings is 1. The first-order chi connectivity index (χ1) is 16.9. The van der Waals surface area contributed by atoms with Crippen molar-refractivity contribution in [1.82, 2.24) is 19.9 Å². The number of nitrogens with zero attached hydrogens (tertiary/aromatic N) is 4. The number of benzene rings is 1. The predicted octanol–water partition coefficient (Wildman–Crippen LogP) is 3.84. The molecular weight excluding hydrogens is 471 g/mol. The normalized spacial score (nSPS) is 18.3. The summed E-state index contributed by atoms with van der Waals surface area (Å²) in [6.45, 7) is 5.58. The summed E-state index contributed by atoms with van der Waals surface area (Å²) in [5.41, 5.74) is 8.43. The summed E-state index contributed by atoms with van der Waals surface area (Å²) >= 11 is 1.26. The lowest BCUT2D eigenvalue weighted by atomic mass is 9.94. The molecule has 0 spiro atoms. The van der Waals surface area contributed by atoms with E-state index in [4.69, 9.17) is 15.5 Å². The molecule has 0 amide bonds. The Morgan fingerprint density at radius 3 is 2.94 bits per heavy atom. The number of piperidine rings is 1. The van der Waals surface area contributed by atoms with Gasteiger partial charge in [-0.25, -0.2) is 14.2 Å². The summed E-state index contributed by atoms with van der Waals surface area (Å²) in [5.74, 6) is 0.449. The first-order valence-corrected chi connectivity index (χ1v) is 12.4. The lowest BCUT2D eigenvalue weighted by Gasteiger charge is -2.36. The topological polar surface area (TPSA) is 134 Å². The summed E-state index contributed by atoms with van der Waals surface area (Å²) < 4.78 is 19.5. The van der Waals surface area contributed by atoms with Crippen LogP contribution < -0.4 is 21.3 Å². The lowest BCUT2D eigenvalue weighted by molar-refractivity contribution is 0.0520. The number of esters is 1. The molecule has 5 rings (SSSR count). The van der Waals surface area contributed by atoms with Crippen LogP contribution in [0, 0.1) is 11.7 Å². The molecule has 1 fully saturated rings. The average Bonchev–Trinajstić information content (AvgIpc) is 3.45. The molecule has 1 aromatic carbocycles. The van der Waals surface area contributed by atoms with Gasteiger partial charge >= 0.3 is 5.97 Å². The first kappa shape index (κ1) is 23.2. The second kappa shape index (κ2) is 9.27. The standard InChI is InChI=1S/C23H27FN8O2S/c1-4-34-21(33)16-10-35-23(27-16)31-22-29-19-17(13-7-12(24)8-15(26-3)18(13)28-19)20(30-22)32-6-5-14(25)11(2)9-32/h7-8,10-11,14,26H,4-6,9,25H2,1-3H3,(H2,27,28,29,30,31). The minimum atomic E-state index is -0.482. The third kappa shape index (κ3) is 4.34. The molecule has 1 saturated heterocycles. The number of aromatic nitrogens is 4. The number of hydrogen-bond donors (Lipinski definition) is 4. The maximum atomic E-state index is 14.5. The number of aromatic amines is 1. The molecule has 1 aliphatic heterocycles. The molecule has 0 radical (unpaired) electrons. The molecule has 5 N–H and O–H groups in total. The van der Waals surface area contributed by atoms with Crippen molar-refractivity contribution in [2.24, 2.45) is 11.7 Å². The van der Waals surface area contributed by atoms with Gasteiger partial charge in [-0.05, 0) is 31.4 Å². The third-order valence-electron chi connectivity index (χ3n) is 6.25. The summed E-state index contributed by atoms with van der Waals surface area (Å²) in [6.07, 6.45) is 0.823. The molecule has 184 valence electrons.